The van der Waals surface area contributed by atoms with Crippen molar-refractivity contribution in [2.45, 2.75) is 32.7 Å². The van der Waals surface area contributed by atoms with Gasteiger partial charge in [0.15, 0.2) is 11.5 Å². The number of rotatable bonds is 8. The molecule has 156 valence electrons. The highest BCUT2D eigenvalue weighted by Gasteiger charge is 2.34. The van der Waals surface area contributed by atoms with Crippen molar-refractivity contribution >= 4 is 5.91 Å². The highest BCUT2D eigenvalue weighted by atomic mass is 16.5. The van der Waals surface area contributed by atoms with Crippen LogP contribution in [0.4, 0.5) is 0 Å². The molecule has 2 N–H and O–H groups in total. The second-order valence-corrected chi connectivity index (χ2v) is 6.99. The van der Waals surface area contributed by atoms with Crippen LogP contribution in [-0.4, -0.2) is 49.8 Å². The van der Waals surface area contributed by atoms with Crippen LogP contribution in [0.15, 0.2) is 42.5 Å². The number of amides is 1. The van der Waals surface area contributed by atoms with Gasteiger partial charge >= 0.3 is 0 Å². The Labute approximate surface area is 172 Å². The monoisotopic (exact) mass is 398 g/mol. The van der Waals surface area contributed by atoms with Gasteiger partial charge in [0.05, 0.1) is 19.8 Å². The molecule has 29 heavy (non-hydrogen) atoms. The van der Waals surface area contributed by atoms with Crippen LogP contribution in [0.3, 0.4) is 0 Å². The fourth-order valence-electron chi connectivity index (χ4n) is 3.74. The second-order valence-electron chi connectivity index (χ2n) is 6.99. The highest BCUT2D eigenvalue weighted by Crippen LogP contribution is 2.40. The summed E-state index contributed by atoms with van der Waals surface area (Å²) in [5.74, 6) is 1.62. The Bertz CT molecular complexity index is 798. The molecule has 1 aliphatic heterocycles. The van der Waals surface area contributed by atoms with Gasteiger partial charge in [-0.15, -0.1) is 0 Å². The molecule has 0 aromatic heterocycles. The minimum absolute atomic E-state index is 0.0798. The number of nitrogens with two attached hydrogens (primary N) is 1. The van der Waals surface area contributed by atoms with Crippen molar-refractivity contribution in [1.29, 1.82) is 0 Å². The number of carbonyl (C=O) groups is 1. The van der Waals surface area contributed by atoms with Crippen LogP contribution < -0.4 is 19.9 Å². The molecule has 0 spiro atoms. The molecule has 3 rings (SSSR count). The lowest BCUT2D eigenvalue weighted by atomic mass is 9.95. The lowest BCUT2D eigenvalue weighted by Crippen LogP contribution is -2.32. The first kappa shape index (κ1) is 21.0. The lowest BCUT2D eigenvalue weighted by Gasteiger charge is -2.20. The van der Waals surface area contributed by atoms with Gasteiger partial charge in [-0.3, -0.25) is 4.79 Å². The van der Waals surface area contributed by atoms with Crippen LogP contribution in [-0.2, 0) is 0 Å². The van der Waals surface area contributed by atoms with Crippen molar-refractivity contribution in [3.05, 3.63) is 53.6 Å². The minimum atomic E-state index is -0.0956. The number of hydrogen-bond donors (Lipinski definition) is 1. The summed E-state index contributed by atoms with van der Waals surface area (Å²) in [6.07, 6.45) is 0. The maximum Gasteiger partial charge on any atom is 0.254 e. The van der Waals surface area contributed by atoms with E-state index in [-0.39, 0.29) is 17.9 Å². The predicted molar refractivity (Wildman–Crippen MR) is 113 cm³/mol. The summed E-state index contributed by atoms with van der Waals surface area (Å²) in [5, 5.41) is 0. The first-order valence-corrected chi connectivity index (χ1v) is 10.2. The van der Waals surface area contributed by atoms with E-state index in [1.165, 1.54) is 0 Å². The van der Waals surface area contributed by atoms with Gasteiger partial charge in [0.2, 0.25) is 5.75 Å². The standard InChI is InChI=1S/C23H30N2O4/c1-4-27-20-12-17(13-21(28-5-2)22(20)29-6-3)23(26)25-14-18(19(24)15-25)16-10-8-7-9-11-16/h7-13,18-19H,4-6,14-15,24H2,1-3H3/t18-,19+/m0/s1. The van der Waals surface area contributed by atoms with Crippen LogP contribution in [0.2, 0.25) is 0 Å². The van der Waals surface area contributed by atoms with Gasteiger partial charge in [0.1, 0.15) is 0 Å². The van der Waals surface area contributed by atoms with Crippen LogP contribution in [0, 0.1) is 0 Å². The third-order valence-electron chi connectivity index (χ3n) is 5.04. The van der Waals surface area contributed by atoms with E-state index in [1.54, 1.807) is 12.1 Å². The average molecular weight is 399 g/mol. The smallest absolute Gasteiger partial charge is 0.254 e. The van der Waals surface area contributed by atoms with Crippen LogP contribution in [0.25, 0.3) is 0 Å². The number of carbonyl (C=O) groups excluding carboxylic acids is 1. The Morgan fingerprint density at radius 2 is 1.55 bits per heavy atom. The topological polar surface area (TPSA) is 74.0 Å². The number of nitrogens with zero attached hydrogens (tertiary/aromatic N) is 1. The zero-order chi connectivity index (χ0) is 20.8. The SMILES string of the molecule is CCOc1cc(C(=O)N2C[C@@H](N)[C@H](c3ccccc3)C2)cc(OCC)c1OCC. The van der Waals surface area contributed by atoms with E-state index < -0.39 is 0 Å². The molecular formula is C23H30N2O4. The first-order valence-electron chi connectivity index (χ1n) is 10.2. The second kappa shape index (κ2) is 9.65. The van der Waals surface area contributed by atoms with Gasteiger partial charge in [0, 0.05) is 30.6 Å². The quantitative estimate of drug-likeness (QED) is 0.737. The number of benzene rings is 2. The zero-order valence-electron chi connectivity index (χ0n) is 17.4. The average Bonchev–Trinajstić information content (AvgIpc) is 3.12. The van der Waals surface area contributed by atoms with Crippen molar-refractivity contribution < 1.29 is 19.0 Å². The normalized spacial score (nSPS) is 18.6. The molecule has 0 unspecified atom stereocenters. The lowest BCUT2D eigenvalue weighted by molar-refractivity contribution is 0.0788. The highest BCUT2D eigenvalue weighted by molar-refractivity contribution is 5.96. The van der Waals surface area contributed by atoms with Gasteiger partial charge in [-0.25, -0.2) is 0 Å². The molecule has 1 amide bonds. The molecule has 2 aromatic rings. The Kier molecular flexibility index (Phi) is 6.99. The first-order chi connectivity index (χ1) is 14.1. The maximum atomic E-state index is 13.3. The summed E-state index contributed by atoms with van der Waals surface area (Å²) in [4.78, 5) is 15.1. The van der Waals surface area contributed by atoms with Crippen molar-refractivity contribution in [2.75, 3.05) is 32.9 Å². The third kappa shape index (κ3) is 4.65. The Morgan fingerprint density at radius 3 is 2.10 bits per heavy atom. The van der Waals surface area contributed by atoms with E-state index in [9.17, 15) is 4.79 Å². The van der Waals surface area contributed by atoms with Gasteiger partial charge in [0.25, 0.3) is 5.91 Å². The summed E-state index contributed by atoms with van der Waals surface area (Å²) < 4.78 is 17.2. The third-order valence-corrected chi connectivity index (χ3v) is 5.04. The summed E-state index contributed by atoms with van der Waals surface area (Å²) in [6, 6.07) is 13.5. The Hall–Kier alpha value is -2.73. The fourth-order valence-corrected chi connectivity index (χ4v) is 3.74. The van der Waals surface area contributed by atoms with Gasteiger partial charge in [-0.2, -0.15) is 0 Å². The molecule has 2 atom stereocenters. The molecule has 0 bridgehead atoms. The van der Waals surface area contributed by atoms with E-state index in [2.05, 4.69) is 12.1 Å². The van der Waals surface area contributed by atoms with Crippen molar-refractivity contribution in [3.63, 3.8) is 0 Å². The molecule has 0 radical (unpaired) electrons. The molecular weight excluding hydrogens is 368 g/mol. The maximum absolute atomic E-state index is 13.3. The zero-order valence-corrected chi connectivity index (χ0v) is 17.4. The molecule has 1 saturated heterocycles. The van der Waals surface area contributed by atoms with Crippen LogP contribution in [0.5, 0.6) is 17.2 Å². The molecule has 1 fully saturated rings. The van der Waals surface area contributed by atoms with Gasteiger partial charge in [-0.05, 0) is 38.5 Å². The summed E-state index contributed by atoms with van der Waals surface area (Å²) in [5.41, 5.74) is 8.05. The van der Waals surface area contributed by atoms with E-state index >= 15 is 0 Å². The van der Waals surface area contributed by atoms with Crippen molar-refractivity contribution in [3.8, 4) is 17.2 Å². The van der Waals surface area contributed by atoms with Gasteiger partial charge in [-0.1, -0.05) is 30.3 Å². The molecule has 1 aliphatic rings. The van der Waals surface area contributed by atoms with E-state index in [0.29, 0.717) is 55.7 Å². The minimum Gasteiger partial charge on any atom is -0.490 e. The summed E-state index contributed by atoms with van der Waals surface area (Å²) in [6.45, 7) is 8.21. The number of likely N-dealkylation sites (tertiary alicyclic amines) is 1. The summed E-state index contributed by atoms with van der Waals surface area (Å²) in [7, 11) is 0. The van der Waals surface area contributed by atoms with Crippen molar-refractivity contribution in [1.82, 2.24) is 4.90 Å². The number of hydrogen-bond acceptors (Lipinski definition) is 5. The van der Waals surface area contributed by atoms with Crippen LogP contribution >= 0.6 is 0 Å². The van der Waals surface area contributed by atoms with Gasteiger partial charge < -0.3 is 24.8 Å². The largest absolute Gasteiger partial charge is 0.490 e. The molecule has 6 nitrogen and oxygen atoms in total. The summed E-state index contributed by atoms with van der Waals surface area (Å²) >= 11 is 0. The van der Waals surface area contributed by atoms with Crippen molar-refractivity contribution in [2.24, 2.45) is 5.73 Å². The van der Waals surface area contributed by atoms with E-state index in [1.807, 2.05) is 43.9 Å². The molecule has 1 heterocycles. The molecule has 0 aliphatic carbocycles. The predicted octanol–water partition coefficient (Wildman–Crippen LogP) is 3.45. The number of ether oxygens (including phenoxy) is 3. The molecule has 2 aromatic carbocycles. The molecule has 0 saturated carbocycles. The molecule has 6 heteroatoms. The van der Waals surface area contributed by atoms with Crippen LogP contribution in [0.1, 0.15) is 42.6 Å². The van der Waals surface area contributed by atoms with E-state index in [4.69, 9.17) is 19.9 Å². The Morgan fingerprint density at radius 1 is 0.966 bits per heavy atom. The Balaban J connectivity index is 1.88. The fraction of sp³-hybridized carbons (Fsp3) is 0.435. The van der Waals surface area contributed by atoms with E-state index in [0.717, 1.165) is 5.56 Å².